The summed E-state index contributed by atoms with van der Waals surface area (Å²) in [5.41, 5.74) is 1.10. The number of fused-ring (bicyclic) bond motifs is 1. The molecular weight excluding hydrogens is 373 g/mol. The Labute approximate surface area is 159 Å². The first-order chi connectivity index (χ1) is 13.3. The van der Waals surface area contributed by atoms with Gasteiger partial charge in [0.05, 0.1) is 11.8 Å². The van der Waals surface area contributed by atoms with Crippen LogP contribution in [-0.4, -0.2) is 47.3 Å². The van der Waals surface area contributed by atoms with Gasteiger partial charge in [-0.25, -0.2) is 4.79 Å². The van der Waals surface area contributed by atoms with Crippen LogP contribution in [-0.2, 0) is 4.79 Å². The summed E-state index contributed by atoms with van der Waals surface area (Å²) in [6.45, 7) is -1.06. The van der Waals surface area contributed by atoms with E-state index in [0.717, 1.165) is 21.2 Å². The number of hydrogen-bond acceptors (Lipinski definition) is 2. The Balaban J connectivity index is 1.43. The van der Waals surface area contributed by atoms with Gasteiger partial charge in [0.25, 0.3) is 0 Å². The lowest BCUT2D eigenvalue weighted by molar-refractivity contribution is -0.187. The number of likely N-dealkylation sites (tertiary alicyclic amines) is 1. The van der Waals surface area contributed by atoms with Crippen molar-refractivity contribution in [2.24, 2.45) is 11.8 Å². The standard InChI is InChI=1S/C20H19F3N2O3/c21-20(22,23)16-10-25(9-15(16)18(26)27)19(28)24-17-8-14(17)13-7-3-5-11-4-1-2-6-12(11)13/h1-7,14-17H,8-10H2,(H,24,28)(H,26,27)/t14-,15+,16+,17+/m0/s1. The summed E-state index contributed by atoms with van der Waals surface area (Å²) in [6.07, 6.45) is -3.94. The fraction of sp³-hybridized carbons (Fsp3) is 0.400. The molecule has 2 amide bonds. The zero-order valence-electron chi connectivity index (χ0n) is 14.8. The average Bonchev–Trinajstić information content (AvgIpc) is 3.23. The number of aliphatic carboxylic acids is 1. The maximum absolute atomic E-state index is 13.1. The van der Waals surface area contributed by atoms with E-state index in [0.29, 0.717) is 6.42 Å². The summed E-state index contributed by atoms with van der Waals surface area (Å²) >= 11 is 0. The molecule has 0 spiro atoms. The number of carboxylic acids is 1. The van der Waals surface area contributed by atoms with Gasteiger partial charge in [-0.3, -0.25) is 4.79 Å². The van der Waals surface area contributed by atoms with Gasteiger partial charge in [0.15, 0.2) is 0 Å². The second-order valence-electron chi connectivity index (χ2n) is 7.46. The van der Waals surface area contributed by atoms with Gasteiger partial charge in [0, 0.05) is 25.0 Å². The molecule has 4 rings (SSSR count). The van der Waals surface area contributed by atoms with E-state index in [9.17, 15) is 22.8 Å². The lowest BCUT2D eigenvalue weighted by Gasteiger charge is -2.19. The number of rotatable bonds is 3. The number of halogens is 3. The van der Waals surface area contributed by atoms with Crippen LogP contribution >= 0.6 is 0 Å². The van der Waals surface area contributed by atoms with Gasteiger partial charge in [-0.15, -0.1) is 0 Å². The zero-order valence-corrected chi connectivity index (χ0v) is 14.8. The number of benzene rings is 2. The molecule has 2 aromatic carbocycles. The zero-order chi connectivity index (χ0) is 20.1. The number of alkyl halides is 3. The normalized spacial score (nSPS) is 27.0. The van der Waals surface area contributed by atoms with Crippen molar-refractivity contribution in [3.8, 4) is 0 Å². The first-order valence-corrected chi connectivity index (χ1v) is 9.08. The van der Waals surface area contributed by atoms with Crippen LogP contribution in [0.15, 0.2) is 42.5 Å². The number of carboxylic acid groups (broad SMARTS) is 1. The van der Waals surface area contributed by atoms with E-state index in [-0.39, 0.29) is 12.0 Å². The monoisotopic (exact) mass is 392 g/mol. The molecule has 8 heteroatoms. The van der Waals surface area contributed by atoms with Crippen LogP contribution in [0.2, 0.25) is 0 Å². The molecule has 1 aliphatic carbocycles. The van der Waals surface area contributed by atoms with Crippen molar-refractivity contribution in [3.05, 3.63) is 48.0 Å². The fourth-order valence-electron chi connectivity index (χ4n) is 4.07. The van der Waals surface area contributed by atoms with Gasteiger partial charge in [0.1, 0.15) is 0 Å². The first kappa shape index (κ1) is 18.6. The molecule has 1 aliphatic heterocycles. The largest absolute Gasteiger partial charge is 0.481 e. The van der Waals surface area contributed by atoms with Gasteiger partial charge >= 0.3 is 18.2 Å². The van der Waals surface area contributed by atoms with E-state index >= 15 is 0 Å². The number of nitrogens with one attached hydrogen (secondary N) is 1. The summed E-state index contributed by atoms with van der Waals surface area (Å²) < 4.78 is 39.3. The fourth-order valence-corrected chi connectivity index (χ4v) is 4.07. The Morgan fingerprint density at radius 2 is 1.79 bits per heavy atom. The minimum Gasteiger partial charge on any atom is -0.481 e. The van der Waals surface area contributed by atoms with Gasteiger partial charge in [-0.2, -0.15) is 13.2 Å². The van der Waals surface area contributed by atoms with Gasteiger partial charge in [-0.05, 0) is 22.8 Å². The molecule has 0 aromatic heterocycles. The van der Waals surface area contributed by atoms with Crippen molar-refractivity contribution in [2.75, 3.05) is 13.1 Å². The second-order valence-corrected chi connectivity index (χ2v) is 7.46. The van der Waals surface area contributed by atoms with Crippen LogP contribution in [0, 0.1) is 11.8 Å². The van der Waals surface area contributed by atoms with E-state index in [1.54, 1.807) is 0 Å². The highest BCUT2D eigenvalue weighted by Gasteiger charge is 2.54. The third-order valence-electron chi connectivity index (χ3n) is 5.67. The van der Waals surface area contributed by atoms with E-state index < -0.39 is 43.1 Å². The van der Waals surface area contributed by atoms with Crippen LogP contribution in [0.4, 0.5) is 18.0 Å². The van der Waals surface area contributed by atoms with Gasteiger partial charge < -0.3 is 15.3 Å². The van der Waals surface area contributed by atoms with Gasteiger partial charge in [-0.1, -0.05) is 42.5 Å². The summed E-state index contributed by atoms with van der Waals surface area (Å²) in [6, 6.07) is 13.0. The van der Waals surface area contributed by atoms with Crippen molar-refractivity contribution >= 4 is 22.8 Å². The quantitative estimate of drug-likeness (QED) is 0.839. The number of nitrogens with zero attached hydrogens (tertiary/aromatic N) is 1. The summed E-state index contributed by atoms with van der Waals surface area (Å²) in [5, 5.41) is 14.0. The minimum absolute atomic E-state index is 0.103. The molecule has 28 heavy (non-hydrogen) atoms. The Morgan fingerprint density at radius 1 is 1.07 bits per heavy atom. The number of urea groups is 1. The molecule has 0 unspecified atom stereocenters. The number of amides is 2. The summed E-state index contributed by atoms with van der Waals surface area (Å²) in [5.74, 6) is -5.09. The Hall–Kier alpha value is -2.77. The van der Waals surface area contributed by atoms with Crippen LogP contribution < -0.4 is 5.32 Å². The van der Waals surface area contributed by atoms with Crippen molar-refractivity contribution < 1.29 is 27.9 Å². The predicted molar refractivity (Wildman–Crippen MR) is 95.9 cm³/mol. The lowest BCUT2D eigenvalue weighted by atomic mass is 9.96. The van der Waals surface area contributed by atoms with Crippen LogP contribution in [0.25, 0.3) is 10.8 Å². The van der Waals surface area contributed by atoms with Crippen LogP contribution in [0.1, 0.15) is 17.9 Å². The van der Waals surface area contributed by atoms with Crippen molar-refractivity contribution in [2.45, 2.75) is 24.6 Å². The maximum Gasteiger partial charge on any atom is 0.394 e. The molecule has 1 saturated carbocycles. The molecule has 2 fully saturated rings. The summed E-state index contributed by atoms with van der Waals surface area (Å²) in [7, 11) is 0. The Kier molecular flexibility index (Phi) is 4.44. The second kappa shape index (κ2) is 6.68. The lowest BCUT2D eigenvalue weighted by Crippen LogP contribution is -2.41. The summed E-state index contributed by atoms with van der Waals surface area (Å²) in [4.78, 5) is 24.6. The molecule has 4 atom stereocenters. The third-order valence-corrected chi connectivity index (χ3v) is 5.67. The van der Waals surface area contributed by atoms with E-state index in [1.165, 1.54) is 0 Å². The molecule has 1 saturated heterocycles. The van der Waals surface area contributed by atoms with E-state index in [1.807, 2.05) is 42.5 Å². The molecule has 148 valence electrons. The highest BCUT2D eigenvalue weighted by atomic mass is 19.4. The van der Waals surface area contributed by atoms with Crippen molar-refractivity contribution in [1.29, 1.82) is 0 Å². The SMILES string of the molecule is O=C(O)[C@@H]1CN(C(=O)N[C@@H]2C[C@H]2c2cccc3ccccc23)C[C@H]1C(F)(F)F. The third kappa shape index (κ3) is 3.39. The van der Waals surface area contributed by atoms with Crippen LogP contribution in [0.3, 0.4) is 0 Å². The van der Waals surface area contributed by atoms with E-state index in [2.05, 4.69) is 5.32 Å². The molecule has 0 radical (unpaired) electrons. The molecular formula is C20H19F3N2O3. The highest BCUT2D eigenvalue weighted by molar-refractivity contribution is 5.87. The molecule has 1 heterocycles. The topological polar surface area (TPSA) is 69.6 Å². The molecule has 2 N–H and O–H groups in total. The van der Waals surface area contributed by atoms with Crippen molar-refractivity contribution in [3.63, 3.8) is 0 Å². The van der Waals surface area contributed by atoms with Crippen LogP contribution in [0.5, 0.6) is 0 Å². The molecule has 0 bridgehead atoms. The Morgan fingerprint density at radius 3 is 2.46 bits per heavy atom. The Bertz CT molecular complexity index is 925. The molecule has 2 aromatic rings. The van der Waals surface area contributed by atoms with Crippen molar-refractivity contribution in [1.82, 2.24) is 10.2 Å². The molecule has 5 nitrogen and oxygen atoms in total. The smallest absolute Gasteiger partial charge is 0.394 e. The average molecular weight is 392 g/mol. The van der Waals surface area contributed by atoms with Gasteiger partial charge in [0.2, 0.25) is 0 Å². The number of carbonyl (C=O) groups is 2. The van der Waals surface area contributed by atoms with E-state index in [4.69, 9.17) is 5.11 Å². The maximum atomic E-state index is 13.1. The number of hydrogen-bond donors (Lipinski definition) is 2. The predicted octanol–water partition coefficient (Wildman–Crippen LogP) is 3.60. The number of carbonyl (C=O) groups excluding carboxylic acids is 1. The first-order valence-electron chi connectivity index (χ1n) is 9.08. The minimum atomic E-state index is -4.65. The highest BCUT2D eigenvalue weighted by Crippen LogP contribution is 2.44. The molecule has 2 aliphatic rings.